The third kappa shape index (κ3) is 5.22. The molecular weight excluding hydrogens is 178 g/mol. The van der Waals surface area contributed by atoms with E-state index in [9.17, 15) is 4.79 Å². The van der Waals surface area contributed by atoms with E-state index in [4.69, 9.17) is 4.74 Å². The van der Waals surface area contributed by atoms with Gasteiger partial charge in [0.2, 0.25) is 0 Å². The Morgan fingerprint density at radius 1 is 1.29 bits per heavy atom. The van der Waals surface area contributed by atoms with Crippen molar-refractivity contribution < 1.29 is 9.53 Å². The Hall–Kier alpha value is -0.570. The van der Waals surface area contributed by atoms with Crippen LogP contribution in [0.15, 0.2) is 0 Å². The lowest BCUT2D eigenvalue weighted by atomic mass is 9.95. The van der Waals surface area contributed by atoms with E-state index >= 15 is 0 Å². The molecule has 0 heterocycles. The van der Waals surface area contributed by atoms with Crippen molar-refractivity contribution in [3.8, 4) is 0 Å². The van der Waals surface area contributed by atoms with Crippen molar-refractivity contribution >= 4 is 5.97 Å². The summed E-state index contributed by atoms with van der Waals surface area (Å²) in [5, 5.41) is 3.38. The second kappa shape index (κ2) is 6.82. The van der Waals surface area contributed by atoms with Crippen LogP contribution in [-0.2, 0) is 9.53 Å². The first-order valence-electron chi connectivity index (χ1n) is 5.48. The van der Waals surface area contributed by atoms with Gasteiger partial charge < -0.3 is 10.1 Å². The maximum absolute atomic E-state index is 11.0. The Morgan fingerprint density at radius 2 is 1.86 bits per heavy atom. The minimum absolute atomic E-state index is 0.116. The van der Waals surface area contributed by atoms with Crippen LogP contribution in [-0.4, -0.2) is 24.7 Å². The highest BCUT2D eigenvalue weighted by Crippen LogP contribution is 2.12. The van der Waals surface area contributed by atoms with Gasteiger partial charge >= 0.3 is 5.97 Å². The Kier molecular flexibility index (Phi) is 6.54. The summed E-state index contributed by atoms with van der Waals surface area (Å²) in [5.41, 5.74) is 0.159. The maximum atomic E-state index is 11.0. The molecule has 0 spiro atoms. The summed E-state index contributed by atoms with van der Waals surface area (Å²) in [6, 6.07) is 0. The van der Waals surface area contributed by atoms with Crippen molar-refractivity contribution in [1.82, 2.24) is 5.32 Å². The molecule has 0 atom stereocenters. The molecule has 0 aromatic carbocycles. The monoisotopic (exact) mass is 201 g/mol. The number of hydrogen-bond donors (Lipinski definition) is 1. The first-order chi connectivity index (χ1) is 6.58. The van der Waals surface area contributed by atoms with Gasteiger partial charge in [0.15, 0.2) is 0 Å². The van der Waals surface area contributed by atoms with E-state index in [-0.39, 0.29) is 11.5 Å². The molecule has 0 amide bonds. The molecule has 0 aliphatic heterocycles. The van der Waals surface area contributed by atoms with Gasteiger partial charge in [-0.25, -0.2) is 0 Å². The van der Waals surface area contributed by atoms with Gasteiger partial charge in [0.25, 0.3) is 0 Å². The largest absolute Gasteiger partial charge is 0.466 e. The molecule has 3 nitrogen and oxygen atoms in total. The van der Waals surface area contributed by atoms with Crippen LogP contribution in [0.1, 0.15) is 47.0 Å². The quantitative estimate of drug-likeness (QED) is 0.641. The first-order valence-corrected chi connectivity index (χ1v) is 5.48. The van der Waals surface area contributed by atoms with Gasteiger partial charge in [-0.05, 0) is 26.7 Å². The van der Waals surface area contributed by atoms with Crippen LogP contribution in [0.25, 0.3) is 0 Å². The average molecular weight is 201 g/mol. The van der Waals surface area contributed by atoms with E-state index in [2.05, 4.69) is 26.1 Å². The molecule has 0 aliphatic carbocycles. The van der Waals surface area contributed by atoms with Gasteiger partial charge in [0.05, 0.1) is 13.0 Å². The third-order valence-electron chi connectivity index (χ3n) is 2.75. The first kappa shape index (κ1) is 13.4. The standard InChI is InChI=1S/C11H23NO2/c1-5-11(4,6-2)12-9-8-10(13)14-7-3/h12H,5-9H2,1-4H3. The normalized spacial score (nSPS) is 11.4. The summed E-state index contributed by atoms with van der Waals surface area (Å²) in [4.78, 5) is 11.0. The zero-order valence-corrected chi connectivity index (χ0v) is 9.85. The molecule has 14 heavy (non-hydrogen) atoms. The Labute approximate surface area is 87.2 Å². The van der Waals surface area contributed by atoms with Gasteiger partial charge in [-0.1, -0.05) is 13.8 Å². The minimum atomic E-state index is -0.116. The summed E-state index contributed by atoms with van der Waals surface area (Å²) in [6.07, 6.45) is 2.61. The van der Waals surface area contributed by atoms with Gasteiger partial charge in [-0.2, -0.15) is 0 Å². The van der Waals surface area contributed by atoms with E-state index in [1.165, 1.54) is 0 Å². The Morgan fingerprint density at radius 3 is 2.29 bits per heavy atom. The smallest absolute Gasteiger partial charge is 0.307 e. The molecule has 0 saturated carbocycles. The molecule has 0 fully saturated rings. The fraction of sp³-hybridized carbons (Fsp3) is 0.909. The molecule has 0 aromatic heterocycles. The highest BCUT2D eigenvalue weighted by molar-refractivity contribution is 5.69. The summed E-state index contributed by atoms with van der Waals surface area (Å²) in [5.74, 6) is -0.116. The highest BCUT2D eigenvalue weighted by atomic mass is 16.5. The SMILES string of the molecule is CCOC(=O)CCNC(C)(CC)CC. The predicted octanol–water partition coefficient (Wildman–Crippen LogP) is 2.11. The number of nitrogens with one attached hydrogen (secondary N) is 1. The Balaban J connectivity index is 3.66. The predicted molar refractivity (Wildman–Crippen MR) is 58.2 cm³/mol. The van der Waals surface area contributed by atoms with Gasteiger partial charge in [0.1, 0.15) is 0 Å². The lowest BCUT2D eigenvalue weighted by Gasteiger charge is -2.28. The molecule has 0 unspecified atom stereocenters. The van der Waals surface area contributed by atoms with E-state index in [1.54, 1.807) is 0 Å². The van der Waals surface area contributed by atoms with Crippen LogP contribution in [0.3, 0.4) is 0 Å². The number of carbonyl (C=O) groups excluding carboxylic acids is 1. The van der Waals surface area contributed by atoms with Crippen LogP contribution in [0, 0.1) is 0 Å². The Bertz CT molecular complexity index is 165. The molecule has 0 rings (SSSR count). The van der Waals surface area contributed by atoms with Crippen molar-refractivity contribution in [2.45, 2.75) is 52.5 Å². The minimum Gasteiger partial charge on any atom is -0.466 e. The lowest BCUT2D eigenvalue weighted by molar-refractivity contribution is -0.143. The van der Waals surface area contributed by atoms with Crippen molar-refractivity contribution in [3.63, 3.8) is 0 Å². The number of ether oxygens (including phenoxy) is 1. The summed E-state index contributed by atoms with van der Waals surface area (Å²) in [6.45, 7) is 9.49. The number of carbonyl (C=O) groups is 1. The molecule has 84 valence electrons. The number of rotatable bonds is 7. The number of esters is 1. The van der Waals surface area contributed by atoms with Crippen molar-refractivity contribution in [2.24, 2.45) is 0 Å². The van der Waals surface area contributed by atoms with Crippen LogP contribution in [0.5, 0.6) is 0 Å². The van der Waals surface area contributed by atoms with Crippen molar-refractivity contribution in [3.05, 3.63) is 0 Å². The van der Waals surface area contributed by atoms with E-state index in [0.29, 0.717) is 19.6 Å². The molecular formula is C11H23NO2. The second-order valence-corrected chi connectivity index (χ2v) is 3.75. The van der Waals surface area contributed by atoms with Gasteiger partial charge in [-0.15, -0.1) is 0 Å². The topological polar surface area (TPSA) is 38.3 Å². The van der Waals surface area contributed by atoms with Crippen LogP contribution < -0.4 is 5.32 Å². The molecule has 3 heteroatoms. The highest BCUT2D eigenvalue weighted by Gasteiger charge is 2.18. The maximum Gasteiger partial charge on any atom is 0.307 e. The second-order valence-electron chi connectivity index (χ2n) is 3.75. The zero-order valence-electron chi connectivity index (χ0n) is 9.85. The molecule has 0 radical (unpaired) electrons. The fourth-order valence-electron chi connectivity index (χ4n) is 1.20. The molecule has 0 saturated heterocycles. The van der Waals surface area contributed by atoms with Crippen LogP contribution >= 0.6 is 0 Å². The lowest BCUT2D eigenvalue weighted by Crippen LogP contribution is -2.42. The average Bonchev–Trinajstić information content (AvgIpc) is 2.18. The molecule has 0 aliphatic rings. The van der Waals surface area contributed by atoms with Crippen molar-refractivity contribution in [1.29, 1.82) is 0 Å². The van der Waals surface area contributed by atoms with E-state index in [1.807, 2.05) is 6.92 Å². The summed E-state index contributed by atoms with van der Waals surface area (Å²) in [7, 11) is 0. The van der Waals surface area contributed by atoms with Gasteiger partial charge in [-0.3, -0.25) is 4.79 Å². The van der Waals surface area contributed by atoms with E-state index < -0.39 is 0 Å². The van der Waals surface area contributed by atoms with E-state index in [0.717, 1.165) is 12.8 Å². The fourth-order valence-corrected chi connectivity index (χ4v) is 1.20. The zero-order chi connectivity index (χ0) is 11.0. The van der Waals surface area contributed by atoms with Crippen LogP contribution in [0.4, 0.5) is 0 Å². The molecule has 0 bridgehead atoms. The molecule has 0 aromatic rings. The van der Waals surface area contributed by atoms with Gasteiger partial charge in [0, 0.05) is 12.1 Å². The third-order valence-corrected chi connectivity index (χ3v) is 2.75. The molecule has 1 N–H and O–H groups in total. The summed E-state index contributed by atoms with van der Waals surface area (Å²) < 4.78 is 4.84. The summed E-state index contributed by atoms with van der Waals surface area (Å²) >= 11 is 0. The van der Waals surface area contributed by atoms with Crippen LogP contribution in [0.2, 0.25) is 0 Å². The number of hydrogen-bond acceptors (Lipinski definition) is 3. The van der Waals surface area contributed by atoms with Crippen molar-refractivity contribution in [2.75, 3.05) is 13.2 Å².